The van der Waals surface area contributed by atoms with Crippen LogP contribution in [0.15, 0.2) is 24.3 Å². The Hall–Kier alpha value is -1.64. The van der Waals surface area contributed by atoms with Crippen LogP contribution in [-0.4, -0.2) is 11.7 Å². The summed E-state index contributed by atoms with van der Waals surface area (Å²) in [7, 11) is 0. The molecule has 0 aliphatic heterocycles. The highest BCUT2D eigenvalue weighted by molar-refractivity contribution is 5.92. The number of rotatable bonds is 4. The maximum atomic E-state index is 11.1. The summed E-state index contributed by atoms with van der Waals surface area (Å²) in [6.45, 7) is 5.60. The second-order valence-electron chi connectivity index (χ2n) is 4.70. The molecule has 3 heteroatoms. The van der Waals surface area contributed by atoms with Gasteiger partial charge in [0.1, 0.15) is 5.78 Å². The first-order chi connectivity index (χ1) is 7.33. The predicted molar refractivity (Wildman–Crippen MR) is 63.3 cm³/mol. The first-order valence-corrected chi connectivity index (χ1v) is 5.23. The van der Waals surface area contributed by atoms with Gasteiger partial charge in [0.15, 0.2) is 0 Å². The highest BCUT2D eigenvalue weighted by atomic mass is 16.1. The molecule has 0 bridgehead atoms. The van der Waals surface area contributed by atoms with E-state index in [1.54, 1.807) is 19.1 Å². The molecule has 0 heterocycles. The van der Waals surface area contributed by atoms with Crippen molar-refractivity contribution >= 4 is 11.7 Å². The molecule has 1 aromatic carbocycles. The Morgan fingerprint density at radius 2 is 1.69 bits per heavy atom. The molecule has 0 aromatic heterocycles. The lowest BCUT2D eigenvalue weighted by Gasteiger charge is -2.23. The summed E-state index contributed by atoms with van der Waals surface area (Å²) in [6, 6.07) is 7.09. The summed E-state index contributed by atoms with van der Waals surface area (Å²) in [5.74, 6) is -0.278. The third-order valence-electron chi connectivity index (χ3n) is 2.64. The first kappa shape index (κ1) is 12.4. The molecule has 1 rings (SSSR count). The number of hydrogen-bond acceptors (Lipinski definition) is 2. The molecule has 0 unspecified atom stereocenters. The number of hydrogen-bond donors (Lipinski definition) is 1. The van der Waals surface area contributed by atoms with Crippen LogP contribution in [0.25, 0.3) is 0 Å². The molecule has 0 aliphatic rings. The van der Waals surface area contributed by atoms with E-state index in [0.29, 0.717) is 12.0 Å². The van der Waals surface area contributed by atoms with E-state index < -0.39 is 5.91 Å². The largest absolute Gasteiger partial charge is 0.366 e. The summed E-state index contributed by atoms with van der Waals surface area (Å²) in [6.07, 6.45) is 0.489. The van der Waals surface area contributed by atoms with Crippen molar-refractivity contribution in [1.82, 2.24) is 0 Å². The fourth-order valence-corrected chi connectivity index (χ4v) is 1.81. The number of amides is 1. The highest BCUT2D eigenvalue weighted by Gasteiger charge is 2.22. The summed E-state index contributed by atoms with van der Waals surface area (Å²) in [5.41, 5.74) is 6.48. The predicted octanol–water partition coefficient (Wildman–Crippen LogP) is 2.04. The second kappa shape index (κ2) is 4.47. The molecule has 0 spiro atoms. The van der Waals surface area contributed by atoms with E-state index in [9.17, 15) is 9.59 Å². The molecule has 0 atom stereocenters. The summed E-state index contributed by atoms with van der Waals surface area (Å²) in [5, 5.41) is 0. The van der Waals surface area contributed by atoms with Crippen molar-refractivity contribution in [3.05, 3.63) is 35.4 Å². The fourth-order valence-electron chi connectivity index (χ4n) is 1.81. The topological polar surface area (TPSA) is 60.2 Å². The van der Waals surface area contributed by atoms with Crippen LogP contribution in [0.2, 0.25) is 0 Å². The van der Waals surface area contributed by atoms with Gasteiger partial charge in [-0.3, -0.25) is 9.59 Å². The fraction of sp³-hybridized carbons (Fsp3) is 0.385. The van der Waals surface area contributed by atoms with E-state index in [-0.39, 0.29) is 11.2 Å². The smallest absolute Gasteiger partial charge is 0.248 e. The van der Waals surface area contributed by atoms with Crippen molar-refractivity contribution in [2.45, 2.75) is 32.6 Å². The number of carbonyl (C=O) groups excluding carboxylic acids is 2. The van der Waals surface area contributed by atoms with Crippen LogP contribution >= 0.6 is 0 Å². The van der Waals surface area contributed by atoms with Crippen LogP contribution in [0.5, 0.6) is 0 Å². The maximum Gasteiger partial charge on any atom is 0.248 e. The van der Waals surface area contributed by atoms with Gasteiger partial charge in [-0.15, -0.1) is 0 Å². The van der Waals surface area contributed by atoms with Gasteiger partial charge in [-0.25, -0.2) is 0 Å². The number of primary amides is 1. The molecule has 0 fully saturated rings. The van der Waals surface area contributed by atoms with Gasteiger partial charge in [0.25, 0.3) is 0 Å². The van der Waals surface area contributed by atoms with Crippen LogP contribution in [0, 0.1) is 0 Å². The van der Waals surface area contributed by atoms with E-state index in [1.807, 2.05) is 26.0 Å². The normalized spacial score (nSPS) is 11.2. The molecule has 16 heavy (non-hydrogen) atoms. The van der Waals surface area contributed by atoms with E-state index in [4.69, 9.17) is 5.73 Å². The minimum absolute atomic E-state index is 0.156. The molecule has 1 aromatic rings. The summed E-state index contributed by atoms with van der Waals surface area (Å²) < 4.78 is 0. The van der Waals surface area contributed by atoms with Crippen LogP contribution in [0.4, 0.5) is 0 Å². The number of nitrogens with two attached hydrogens (primary N) is 1. The molecule has 1 amide bonds. The summed E-state index contributed by atoms with van der Waals surface area (Å²) in [4.78, 5) is 22.0. The molecule has 86 valence electrons. The second-order valence-corrected chi connectivity index (χ2v) is 4.70. The van der Waals surface area contributed by atoms with Crippen molar-refractivity contribution in [2.75, 3.05) is 0 Å². The minimum Gasteiger partial charge on any atom is -0.366 e. The molecule has 2 N–H and O–H groups in total. The van der Waals surface area contributed by atoms with Crippen molar-refractivity contribution in [2.24, 2.45) is 5.73 Å². The van der Waals surface area contributed by atoms with E-state index in [2.05, 4.69) is 0 Å². The molecular formula is C13H17NO2. The minimum atomic E-state index is -0.434. The Balaban J connectivity index is 2.96. The van der Waals surface area contributed by atoms with Crippen molar-refractivity contribution in [3.8, 4) is 0 Å². The SMILES string of the molecule is CC(=O)CC(C)(C)c1ccc(C(N)=O)cc1. The lowest BCUT2D eigenvalue weighted by molar-refractivity contribution is -0.118. The Bertz CT molecular complexity index is 404. The zero-order valence-electron chi connectivity index (χ0n) is 9.91. The number of benzene rings is 1. The molecule has 0 radical (unpaired) electrons. The van der Waals surface area contributed by atoms with Gasteiger partial charge in [0.05, 0.1) is 0 Å². The maximum absolute atomic E-state index is 11.1. The zero-order valence-corrected chi connectivity index (χ0v) is 9.91. The van der Waals surface area contributed by atoms with Crippen molar-refractivity contribution in [3.63, 3.8) is 0 Å². The summed E-state index contributed by atoms with van der Waals surface area (Å²) >= 11 is 0. The lowest BCUT2D eigenvalue weighted by atomic mass is 9.80. The number of ketones is 1. The van der Waals surface area contributed by atoms with Gasteiger partial charge in [0, 0.05) is 12.0 Å². The third kappa shape index (κ3) is 2.92. The quantitative estimate of drug-likeness (QED) is 0.842. The zero-order chi connectivity index (χ0) is 12.3. The molecule has 3 nitrogen and oxygen atoms in total. The molecule has 0 aliphatic carbocycles. The van der Waals surface area contributed by atoms with Gasteiger partial charge in [-0.2, -0.15) is 0 Å². The van der Waals surface area contributed by atoms with Gasteiger partial charge >= 0.3 is 0 Å². The number of Topliss-reactive ketones (excluding diaryl/α,β-unsaturated/α-hetero) is 1. The van der Waals surface area contributed by atoms with Gasteiger partial charge < -0.3 is 5.73 Å². The third-order valence-corrected chi connectivity index (χ3v) is 2.64. The van der Waals surface area contributed by atoms with E-state index >= 15 is 0 Å². The van der Waals surface area contributed by atoms with Gasteiger partial charge in [-0.1, -0.05) is 26.0 Å². The van der Waals surface area contributed by atoms with E-state index in [0.717, 1.165) is 5.56 Å². The monoisotopic (exact) mass is 219 g/mol. The average molecular weight is 219 g/mol. The standard InChI is InChI=1S/C13H17NO2/c1-9(15)8-13(2,3)11-6-4-10(5-7-11)12(14)16/h4-7H,8H2,1-3H3,(H2,14,16). The van der Waals surface area contributed by atoms with Crippen molar-refractivity contribution in [1.29, 1.82) is 0 Å². The van der Waals surface area contributed by atoms with Crippen LogP contribution in [-0.2, 0) is 10.2 Å². The highest BCUT2D eigenvalue weighted by Crippen LogP contribution is 2.27. The van der Waals surface area contributed by atoms with Crippen LogP contribution in [0.3, 0.4) is 0 Å². The van der Waals surface area contributed by atoms with Crippen LogP contribution in [0.1, 0.15) is 43.1 Å². The van der Waals surface area contributed by atoms with Gasteiger partial charge in [0.2, 0.25) is 5.91 Å². The lowest BCUT2D eigenvalue weighted by Crippen LogP contribution is -2.21. The van der Waals surface area contributed by atoms with Gasteiger partial charge in [-0.05, 0) is 30.0 Å². The average Bonchev–Trinajstić information content (AvgIpc) is 2.16. The molecule has 0 saturated heterocycles. The number of carbonyl (C=O) groups is 2. The Labute approximate surface area is 95.6 Å². The Kier molecular flexibility index (Phi) is 3.48. The van der Waals surface area contributed by atoms with Crippen molar-refractivity contribution < 1.29 is 9.59 Å². The first-order valence-electron chi connectivity index (χ1n) is 5.23. The Morgan fingerprint density at radius 1 is 1.19 bits per heavy atom. The van der Waals surface area contributed by atoms with Crippen LogP contribution < -0.4 is 5.73 Å². The Morgan fingerprint density at radius 3 is 2.06 bits per heavy atom. The van der Waals surface area contributed by atoms with E-state index in [1.165, 1.54) is 0 Å². The molecule has 0 saturated carbocycles. The molecular weight excluding hydrogens is 202 g/mol.